The number of hydrogen-bond donors (Lipinski definition) is 0. The molecule has 138 valence electrons. The quantitative estimate of drug-likeness (QED) is 0.717. The predicted octanol–water partition coefficient (Wildman–Crippen LogP) is 4.69. The van der Waals surface area contributed by atoms with Gasteiger partial charge < -0.3 is 9.30 Å². The van der Waals surface area contributed by atoms with E-state index in [-0.39, 0.29) is 11.0 Å². The molecule has 26 heavy (non-hydrogen) atoms. The molecule has 2 aliphatic rings. The molecule has 1 aromatic carbocycles. The van der Waals surface area contributed by atoms with Gasteiger partial charge in [-0.1, -0.05) is 13.8 Å². The summed E-state index contributed by atoms with van der Waals surface area (Å²) in [7, 11) is 1.86. The number of aryl methyl sites for hydroxylation is 1. The van der Waals surface area contributed by atoms with Crippen LogP contribution in [0, 0.1) is 11.3 Å². The van der Waals surface area contributed by atoms with Crippen LogP contribution in [0.25, 0.3) is 11.1 Å². The van der Waals surface area contributed by atoms with Crippen LogP contribution in [-0.2, 0) is 19.9 Å². The van der Waals surface area contributed by atoms with E-state index in [1.807, 2.05) is 13.2 Å². The monoisotopic (exact) mass is 369 g/mol. The smallest absolute Gasteiger partial charge is 0.253 e. The zero-order valence-corrected chi connectivity index (χ0v) is 16.9. The Morgan fingerprint density at radius 3 is 2.62 bits per heavy atom. The predicted molar refractivity (Wildman–Crippen MR) is 108 cm³/mol. The first kappa shape index (κ1) is 17.7. The number of benzene rings is 1. The molecule has 1 heterocycles. The summed E-state index contributed by atoms with van der Waals surface area (Å²) in [6.07, 6.45) is 8.45. The van der Waals surface area contributed by atoms with E-state index >= 15 is 0 Å². The van der Waals surface area contributed by atoms with Gasteiger partial charge >= 0.3 is 0 Å². The number of ether oxygens (including phenoxy) is 1. The van der Waals surface area contributed by atoms with Gasteiger partial charge in [0.1, 0.15) is 5.75 Å². The third-order valence-electron chi connectivity index (χ3n) is 5.55. The fourth-order valence-corrected chi connectivity index (χ4v) is 4.38. The molecule has 0 saturated heterocycles. The van der Waals surface area contributed by atoms with E-state index in [0.29, 0.717) is 5.92 Å². The molecule has 1 aromatic heterocycles. The van der Waals surface area contributed by atoms with Gasteiger partial charge in [-0.15, -0.1) is 11.8 Å². The molecule has 0 bridgehead atoms. The highest BCUT2D eigenvalue weighted by atomic mass is 32.2. The minimum Gasteiger partial charge on any atom is -0.493 e. The summed E-state index contributed by atoms with van der Waals surface area (Å²) in [5.74, 6) is 1.66. The Labute approximate surface area is 159 Å². The van der Waals surface area contributed by atoms with Crippen molar-refractivity contribution >= 4 is 11.8 Å². The molecule has 0 atom stereocenters. The minimum absolute atomic E-state index is 0.136. The maximum Gasteiger partial charge on any atom is 0.253 e. The highest BCUT2D eigenvalue weighted by Gasteiger charge is 2.33. The van der Waals surface area contributed by atoms with Crippen molar-refractivity contribution in [2.45, 2.75) is 44.4 Å². The van der Waals surface area contributed by atoms with Crippen molar-refractivity contribution in [3.8, 4) is 16.9 Å². The number of fused-ring (bicyclic) bond motifs is 1. The zero-order valence-electron chi connectivity index (χ0n) is 16.1. The third kappa shape index (κ3) is 3.32. The molecule has 0 radical (unpaired) electrons. The third-order valence-corrected chi connectivity index (χ3v) is 6.28. The lowest BCUT2D eigenvalue weighted by Crippen LogP contribution is -2.22. The number of hydrogen-bond acceptors (Lipinski definition) is 3. The lowest BCUT2D eigenvalue weighted by molar-refractivity contribution is 0.301. The average molecular weight is 370 g/mol. The summed E-state index contributed by atoms with van der Waals surface area (Å²) in [5, 5.41) is 0. The SMILES string of the molecule is CSc1ccc(OCC2CC2)c(-c2cn(C)c(=O)c3c2CC(C)(C)C3)c1. The van der Waals surface area contributed by atoms with Crippen LogP contribution >= 0.6 is 11.8 Å². The van der Waals surface area contributed by atoms with Gasteiger partial charge in [-0.05, 0) is 67.0 Å². The first-order valence-corrected chi connectivity index (χ1v) is 10.6. The summed E-state index contributed by atoms with van der Waals surface area (Å²) >= 11 is 1.74. The fraction of sp³-hybridized carbons (Fsp3) is 0.500. The van der Waals surface area contributed by atoms with Crippen molar-refractivity contribution in [3.05, 3.63) is 45.9 Å². The van der Waals surface area contributed by atoms with Crippen molar-refractivity contribution in [2.24, 2.45) is 18.4 Å². The van der Waals surface area contributed by atoms with Crippen molar-refractivity contribution in [2.75, 3.05) is 12.9 Å². The number of aromatic nitrogens is 1. The summed E-state index contributed by atoms with van der Waals surface area (Å²) < 4.78 is 7.94. The second-order valence-electron chi connectivity index (χ2n) is 8.55. The molecule has 4 heteroatoms. The van der Waals surface area contributed by atoms with E-state index in [4.69, 9.17) is 4.74 Å². The van der Waals surface area contributed by atoms with Crippen molar-refractivity contribution in [3.63, 3.8) is 0 Å². The number of nitrogens with zero attached hydrogens (tertiary/aromatic N) is 1. The molecule has 0 aliphatic heterocycles. The van der Waals surface area contributed by atoms with Gasteiger partial charge in [-0.2, -0.15) is 0 Å². The van der Waals surface area contributed by atoms with E-state index in [1.54, 1.807) is 16.3 Å². The molecular formula is C22H27NO2S. The maximum absolute atomic E-state index is 12.7. The normalized spacial score (nSPS) is 18.0. The molecule has 2 aromatic rings. The first-order chi connectivity index (χ1) is 12.4. The topological polar surface area (TPSA) is 31.2 Å². The Hall–Kier alpha value is -1.68. The van der Waals surface area contributed by atoms with Gasteiger partial charge in [-0.25, -0.2) is 0 Å². The minimum atomic E-state index is 0.136. The molecule has 0 N–H and O–H groups in total. The van der Waals surface area contributed by atoms with E-state index < -0.39 is 0 Å². The lowest BCUT2D eigenvalue weighted by atomic mass is 9.89. The molecule has 3 nitrogen and oxygen atoms in total. The van der Waals surface area contributed by atoms with E-state index in [1.165, 1.54) is 23.3 Å². The molecule has 2 aliphatic carbocycles. The Bertz CT molecular complexity index is 909. The van der Waals surface area contributed by atoms with Crippen LogP contribution in [0.2, 0.25) is 0 Å². The van der Waals surface area contributed by atoms with Crippen LogP contribution in [-0.4, -0.2) is 17.4 Å². The largest absolute Gasteiger partial charge is 0.493 e. The Morgan fingerprint density at radius 1 is 1.19 bits per heavy atom. The Morgan fingerprint density at radius 2 is 1.92 bits per heavy atom. The number of thioether (sulfide) groups is 1. The standard InChI is InChI=1S/C22H27NO2S/c1-22(2)10-17-18(11-22)21(24)23(3)12-19(17)16-9-15(26-4)7-8-20(16)25-13-14-5-6-14/h7-9,12,14H,5-6,10-11,13H2,1-4H3. The van der Waals surface area contributed by atoms with Crippen LogP contribution in [0.4, 0.5) is 0 Å². The maximum atomic E-state index is 12.7. The molecule has 0 unspecified atom stereocenters. The van der Waals surface area contributed by atoms with E-state index in [9.17, 15) is 4.79 Å². The van der Waals surface area contributed by atoms with Gasteiger partial charge in [0, 0.05) is 34.8 Å². The molecule has 4 rings (SSSR count). The number of pyridine rings is 1. The van der Waals surface area contributed by atoms with Gasteiger partial charge in [0.2, 0.25) is 0 Å². The highest BCUT2D eigenvalue weighted by molar-refractivity contribution is 7.98. The summed E-state index contributed by atoms with van der Waals surface area (Å²) in [6, 6.07) is 6.45. The lowest BCUT2D eigenvalue weighted by Gasteiger charge is -2.18. The molecule has 0 amide bonds. The Kier molecular flexibility index (Phi) is 4.42. The number of rotatable bonds is 5. The first-order valence-electron chi connectivity index (χ1n) is 9.40. The highest BCUT2D eigenvalue weighted by Crippen LogP contribution is 2.43. The zero-order chi connectivity index (χ0) is 18.5. The van der Waals surface area contributed by atoms with Crippen molar-refractivity contribution < 1.29 is 4.74 Å². The van der Waals surface area contributed by atoms with Crippen LogP contribution in [0.5, 0.6) is 5.75 Å². The van der Waals surface area contributed by atoms with Gasteiger partial charge in [0.05, 0.1) is 6.61 Å². The molecule has 1 fully saturated rings. The van der Waals surface area contributed by atoms with Gasteiger partial charge in [0.15, 0.2) is 0 Å². The fourth-order valence-electron chi connectivity index (χ4n) is 3.94. The van der Waals surface area contributed by atoms with Gasteiger partial charge in [-0.3, -0.25) is 4.79 Å². The Balaban J connectivity index is 1.86. The molecular weight excluding hydrogens is 342 g/mol. The van der Waals surface area contributed by atoms with Crippen molar-refractivity contribution in [1.82, 2.24) is 4.57 Å². The van der Waals surface area contributed by atoms with Crippen LogP contribution in [0.1, 0.15) is 37.8 Å². The van der Waals surface area contributed by atoms with Crippen LogP contribution in [0.3, 0.4) is 0 Å². The summed E-state index contributed by atoms with van der Waals surface area (Å²) in [4.78, 5) is 13.9. The van der Waals surface area contributed by atoms with Crippen LogP contribution < -0.4 is 10.3 Å². The molecule has 1 saturated carbocycles. The summed E-state index contributed by atoms with van der Waals surface area (Å²) in [5.41, 5.74) is 4.77. The average Bonchev–Trinajstić information content (AvgIpc) is 3.38. The summed E-state index contributed by atoms with van der Waals surface area (Å²) in [6.45, 7) is 5.29. The second-order valence-corrected chi connectivity index (χ2v) is 9.43. The second kappa shape index (κ2) is 6.49. The van der Waals surface area contributed by atoms with Crippen molar-refractivity contribution in [1.29, 1.82) is 0 Å². The van der Waals surface area contributed by atoms with Crippen LogP contribution in [0.15, 0.2) is 34.1 Å². The van der Waals surface area contributed by atoms with Gasteiger partial charge in [0.25, 0.3) is 5.56 Å². The van der Waals surface area contributed by atoms with E-state index in [0.717, 1.165) is 41.9 Å². The van der Waals surface area contributed by atoms with E-state index in [2.05, 4.69) is 38.3 Å². The molecule has 0 spiro atoms.